The Hall–Kier alpha value is -2.82. The Morgan fingerprint density at radius 3 is 2.35 bits per heavy atom. The van der Waals surface area contributed by atoms with Gasteiger partial charge in [0.1, 0.15) is 5.75 Å². The van der Waals surface area contributed by atoms with Crippen LogP contribution >= 0.6 is 0 Å². The van der Waals surface area contributed by atoms with Crippen molar-refractivity contribution in [2.75, 3.05) is 12.4 Å². The van der Waals surface area contributed by atoms with Crippen molar-refractivity contribution in [3.63, 3.8) is 0 Å². The van der Waals surface area contributed by atoms with Crippen molar-refractivity contribution in [2.45, 2.75) is 18.8 Å². The molecule has 1 atom stereocenters. The maximum Gasteiger partial charge on any atom is 0.303 e. The molecule has 2 N–H and O–H groups in total. The first kappa shape index (κ1) is 16.5. The third-order valence-corrected chi connectivity index (χ3v) is 3.50. The van der Waals surface area contributed by atoms with Crippen LogP contribution < -0.4 is 10.1 Å². The number of para-hydroxylation sites is 2. The zero-order chi connectivity index (χ0) is 16.7. The highest BCUT2D eigenvalue weighted by atomic mass is 16.5. The van der Waals surface area contributed by atoms with E-state index < -0.39 is 5.97 Å². The number of hydrogen-bond acceptors (Lipinski definition) is 3. The number of carbonyl (C=O) groups is 2. The number of anilines is 1. The van der Waals surface area contributed by atoms with E-state index in [2.05, 4.69) is 5.32 Å². The van der Waals surface area contributed by atoms with E-state index >= 15 is 0 Å². The van der Waals surface area contributed by atoms with Crippen molar-refractivity contribution >= 4 is 17.6 Å². The Morgan fingerprint density at radius 2 is 1.70 bits per heavy atom. The monoisotopic (exact) mass is 313 g/mol. The molecule has 0 fully saturated rings. The van der Waals surface area contributed by atoms with Gasteiger partial charge in [0.05, 0.1) is 19.2 Å². The highest BCUT2D eigenvalue weighted by molar-refractivity contribution is 5.93. The summed E-state index contributed by atoms with van der Waals surface area (Å²) >= 11 is 0. The lowest BCUT2D eigenvalue weighted by atomic mass is 9.92. The van der Waals surface area contributed by atoms with Gasteiger partial charge in [0, 0.05) is 12.3 Å². The molecule has 2 aromatic carbocycles. The van der Waals surface area contributed by atoms with E-state index in [0.29, 0.717) is 11.4 Å². The SMILES string of the molecule is COc1ccccc1NC(=O)CC(CC(=O)O)c1ccccc1. The average molecular weight is 313 g/mol. The number of amides is 1. The molecule has 0 spiro atoms. The summed E-state index contributed by atoms with van der Waals surface area (Å²) in [5.41, 5.74) is 1.41. The standard InChI is InChI=1S/C18H19NO4/c1-23-16-10-6-5-9-15(16)19-17(20)11-14(12-18(21)22)13-7-3-2-4-8-13/h2-10,14H,11-12H2,1H3,(H,19,20)(H,21,22). The van der Waals surface area contributed by atoms with Gasteiger partial charge in [0.2, 0.25) is 5.91 Å². The molecule has 5 nitrogen and oxygen atoms in total. The second-order valence-corrected chi connectivity index (χ2v) is 5.16. The van der Waals surface area contributed by atoms with E-state index in [0.717, 1.165) is 5.56 Å². The fraction of sp³-hybridized carbons (Fsp3) is 0.222. The second-order valence-electron chi connectivity index (χ2n) is 5.16. The number of rotatable bonds is 7. The van der Waals surface area contributed by atoms with Gasteiger partial charge in [-0.2, -0.15) is 0 Å². The summed E-state index contributed by atoms with van der Waals surface area (Å²) in [4.78, 5) is 23.4. The number of benzene rings is 2. The quantitative estimate of drug-likeness (QED) is 0.822. The first-order valence-electron chi connectivity index (χ1n) is 7.29. The highest BCUT2D eigenvalue weighted by Crippen LogP contribution is 2.27. The Labute approximate surface area is 134 Å². The summed E-state index contributed by atoms with van der Waals surface area (Å²) in [7, 11) is 1.53. The van der Waals surface area contributed by atoms with E-state index in [9.17, 15) is 9.59 Å². The minimum Gasteiger partial charge on any atom is -0.495 e. The average Bonchev–Trinajstić information content (AvgIpc) is 2.55. The van der Waals surface area contributed by atoms with E-state index in [-0.39, 0.29) is 24.7 Å². The lowest BCUT2D eigenvalue weighted by Crippen LogP contribution is -2.18. The maximum atomic E-state index is 12.3. The summed E-state index contributed by atoms with van der Waals surface area (Å²) < 4.78 is 5.19. The predicted octanol–water partition coefficient (Wildman–Crippen LogP) is 3.28. The molecule has 0 saturated carbocycles. The number of methoxy groups -OCH3 is 1. The zero-order valence-electron chi connectivity index (χ0n) is 12.9. The van der Waals surface area contributed by atoms with E-state index in [1.165, 1.54) is 7.11 Å². The van der Waals surface area contributed by atoms with Crippen molar-refractivity contribution in [2.24, 2.45) is 0 Å². The Kier molecular flexibility index (Phi) is 5.74. The van der Waals surface area contributed by atoms with Crippen molar-refractivity contribution in [3.8, 4) is 5.75 Å². The van der Waals surface area contributed by atoms with Gasteiger partial charge < -0.3 is 15.2 Å². The number of ether oxygens (including phenoxy) is 1. The van der Waals surface area contributed by atoms with Gasteiger partial charge in [0.25, 0.3) is 0 Å². The molecule has 5 heteroatoms. The van der Waals surface area contributed by atoms with E-state index in [1.54, 1.807) is 18.2 Å². The van der Waals surface area contributed by atoms with Crippen LogP contribution in [0.25, 0.3) is 0 Å². The number of carbonyl (C=O) groups excluding carboxylic acids is 1. The normalized spacial score (nSPS) is 11.5. The molecule has 2 rings (SSSR count). The molecular formula is C18H19NO4. The minimum absolute atomic E-state index is 0.0916. The fourth-order valence-electron chi connectivity index (χ4n) is 2.42. The van der Waals surface area contributed by atoms with Crippen molar-refractivity contribution < 1.29 is 19.4 Å². The molecule has 0 aliphatic rings. The highest BCUT2D eigenvalue weighted by Gasteiger charge is 2.19. The van der Waals surface area contributed by atoms with Crippen LogP contribution in [-0.4, -0.2) is 24.1 Å². The predicted molar refractivity (Wildman–Crippen MR) is 87.7 cm³/mol. The minimum atomic E-state index is -0.927. The van der Waals surface area contributed by atoms with Crippen molar-refractivity contribution in [3.05, 3.63) is 60.2 Å². The summed E-state index contributed by atoms with van der Waals surface area (Å²) in [6.45, 7) is 0. The maximum absolute atomic E-state index is 12.3. The molecule has 0 aliphatic carbocycles. The van der Waals surface area contributed by atoms with Crippen LogP contribution in [-0.2, 0) is 9.59 Å². The summed E-state index contributed by atoms with van der Waals surface area (Å²) in [5, 5.41) is 11.9. The number of aliphatic carboxylic acids is 1. The first-order valence-corrected chi connectivity index (χ1v) is 7.29. The van der Waals surface area contributed by atoms with Crippen LogP contribution in [0.3, 0.4) is 0 Å². The molecule has 0 bridgehead atoms. The molecule has 1 unspecified atom stereocenters. The van der Waals surface area contributed by atoms with Gasteiger partial charge in [-0.15, -0.1) is 0 Å². The largest absolute Gasteiger partial charge is 0.495 e. The number of carboxylic acids is 1. The molecule has 2 aromatic rings. The Bertz CT molecular complexity index is 670. The van der Waals surface area contributed by atoms with Gasteiger partial charge in [-0.25, -0.2) is 0 Å². The summed E-state index contributed by atoms with van der Waals surface area (Å²) in [6, 6.07) is 16.3. The number of carboxylic acid groups (broad SMARTS) is 1. The topological polar surface area (TPSA) is 75.6 Å². The van der Waals surface area contributed by atoms with E-state index in [1.807, 2.05) is 36.4 Å². The van der Waals surface area contributed by atoms with Gasteiger partial charge in [0.15, 0.2) is 0 Å². The molecule has 120 valence electrons. The van der Waals surface area contributed by atoms with Crippen LogP contribution in [0.5, 0.6) is 5.75 Å². The summed E-state index contributed by atoms with van der Waals surface area (Å²) in [6.07, 6.45) is -0.00226. The molecule has 0 radical (unpaired) electrons. The fourth-order valence-corrected chi connectivity index (χ4v) is 2.42. The van der Waals surface area contributed by atoms with Crippen LogP contribution in [0.15, 0.2) is 54.6 Å². The van der Waals surface area contributed by atoms with Crippen molar-refractivity contribution in [1.82, 2.24) is 0 Å². The molecule has 0 saturated heterocycles. The molecule has 23 heavy (non-hydrogen) atoms. The lowest BCUT2D eigenvalue weighted by Gasteiger charge is -2.16. The molecule has 0 heterocycles. The second kappa shape index (κ2) is 7.98. The molecule has 0 aliphatic heterocycles. The van der Waals surface area contributed by atoms with Gasteiger partial charge in [-0.05, 0) is 17.7 Å². The number of hydrogen-bond donors (Lipinski definition) is 2. The lowest BCUT2D eigenvalue weighted by molar-refractivity contribution is -0.137. The third-order valence-electron chi connectivity index (χ3n) is 3.50. The van der Waals surface area contributed by atoms with Gasteiger partial charge in [-0.3, -0.25) is 9.59 Å². The van der Waals surface area contributed by atoms with Gasteiger partial charge >= 0.3 is 5.97 Å². The first-order chi connectivity index (χ1) is 11.1. The smallest absolute Gasteiger partial charge is 0.303 e. The van der Waals surface area contributed by atoms with Crippen LogP contribution in [0.2, 0.25) is 0 Å². The van der Waals surface area contributed by atoms with Crippen LogP contribution in [0.4, 0.5) is 5.69 Å². The molecule has 1 amide bonds. The van der Waals surface area contributed by atoms with Gasteiger partial charge in [-0.1, -0.05) is 42.5 Å². The van der Waals surface area contributed by atoms with Crippen LogP contribution in [0, 0.1) is 0 Å². The van der Waals surface area contributed by atoms with E-state index in [4.69, 9.17) is 9.84 Å². The third kappa shape index (κ3) is 4.85. The zero-order valence-corrected chi connectivity index (χ0v) is 12.9. The summed E-state index contributed by atoms with van der Waals surface area (Å²) in [5.74, 6) is -0.979. The van der Waals surface area contributed by atoms with Crippen LogP contribution in [0.1, 0.15) is 24.3 Å². The van der Waals surface area contributed by atoms with Crippen molar-refractivity contribution in [1.29, 1.82) is 0 Å². The molecule has 0 aromatic heterocycles. The Morgan fingerprint density at radius 1 is 1.04 bits per heavy atom. The number of nitrogens with one attached hydrogen (secondary N) is 1. The Balaban J connectivity index is 2.10. The molecular weight excluding hydrogens is 294 g/mol.